The van der Waals surface area contributed by atoms with Gasteiger partial charge in [0.15, 0.2) is 0 Å². The lowest BCUT2D eigenvalue weighted by Gasteiger charge is -2.10. The summed E-state index contributed by atoms with van der Waals surface area (Å²) in [5, 5.41) is 8.98. The molecule has 0 aromatic heterocycles. The van der Waals surface area contributed by atoms with Crippen LogP contribution >= 0.6 is 0 Å². The predicted octanol–water partition coefficient (Wildman–Crippen LogP) is 0.811. The number of ether oxygens (including phenoxy) is 2. The van der Waals surface area contributed by atoms with Crippen molar-refractivity contribution in [2.75, 3.05) is 25.6 Å². The molecule has 27 heavy (non-hydrogen) atoms. The van der Waals surface area contributed by atoms with Crippen LogP contribution in [-0.2, 0) is 19.1 Å². The molecule has 1 aromatic rings. The van der Waals surface area contributed by atoms with Gasteiger partial charge in [0.2, 0.25) is 5.91 Å². The number of para-hydroxylation sites is 2. The fraction of sp³-hybridized carbons (Fsp3) is 0.444. The maximum Gasteiger partial charge on any atom is 0.329 e. The number of anilines is 1. The second-order valence-corrected chi connectivity index (χ2v) is 6.06. The van der Waals surface area contributed by atoms with Crippen LogP contribution in [0.3, 0.4) is 0 Å². The maximum atomic E-state index is 11.9. The average molecular weight is 376 g/mol. The smallest absolute Gasteiger partial charge is 0.329 e. The minimum Gasteiger partial charge on any atom is -0.495 e. The van der Waals surface area contributed by atoms with Crippen LogP contribution in [0.15, 0.2) is 29.4 Å². The highest BCUT2D eigenvalue weighted by Gasteiger charge is 2.17. The van der Waals surface area contributed by atoms with Crippen molar-refractivity contribution in [3.63, 3.8) is 0 Å². The lowest BCUT2D eigenvalue weighted by Crippen LogP contribution is -2.34. The summed E-state index contributed by atoms with van der Waals surface area (Å²) in [5.41, 5.74) is 2.88. The number of amides is 3. The first kappa shape index (κ1) is 20.4. The lowest BCUT2D eigenvalue weighted by molar-refractivity contribution is -0.136. The summed E-state index contributed by atoms with van der Waals surface area (Å²) in [6, 6.07) is 6.71. The molecule has 3 N–H and O–H groups in total. The number of nitrogens with zero attached hydrogens (tertiary/aromatic N) is 1. The van der Waals surface area contributed by atoms with Crippen molar-refractivity contribution in [2.24, 2.45) is 5.10 Å². The zero-order valence-corrected chi connectivity index (χ0v) is 15.4. The molecule has 3 amide bonds. The van der Waals surface area contributed by atoms with Crippen molar-refractivity contribution in [3.05, 3.63) is 24.3 Å². The van der Waals surface area contributed by atoms with Gasteiger partial charge in [-0.25, -0.2) is 5.43 Å². The largest absolute Gasteiger partial charge is 0.495 e. The Kier molecular flexibility index (Phi) is 7.75. The monoisotopic (exact) mass is 376 g/mol. The van der Waals surface area contributed by atoms with Crippen molar-refractivity contribution in [2.45, 2.75) is 32.3 Å². The summed E-state index contributed by atoms with van der Waals surface area (Å²) in [6.45, 7) is 2.77. The molecule has 0 unspecified atom stereocenters. The van der Waals surface area contributed by atoms with Gasteiger partial charge in [0, 0.05) is 18.9 Å². The van der Waals surface area contributed by atoms with E-state index in [-0.39, 0.29) is 18.4 Å². The van der Waals surface area contributed by atoms with Crippen molar-refractivity contribution >= 4 is 29.1 Å². The molecule has 0 spiro atoms. The number of hydrogen-bond donors (Lipinski definition) is 3. The number of methoxy groups -OCH3 is 1. The Morgan fingerprint density at radius 2 is 2.04 bits per heavy atom. The van der Waals surface area contributed by atoms with Crippen LogP contribution in [0.5, 0.6) is 5.75 Å². The fourth-order valence-corrected chi connectivity index (χ4v) is 2.49. The summed E-state index contributed by atoms with van der Waals surface area (Å²) in [6.07, 6.45) is 2.01. The highest BCUT2D eigenvalue weighted by molar-refractivity contribution is 6.39. The lowest BCUT2D eigenvalue weighted by atomic mass is 10.2. The van der Waals surface area contributed by atoms with Crippen LogP contribution in [0.2, 0.25) is 0 Å². The Labute approximate surface area is 157 Å². The molecule has 0 saturated carbocycles. The molecule has 1 aliphatic heterocycles. The summed E-state index contributed by atoms with van der Waals surface area (Å²) < 4.78 is 10.5. The Bertz CT molecular complexity index is 713. The molecule has 1 saturated heterocycles. The minimum absolute atomic E-state index is 0.0150. The molecule has 0 aliphatic carbocycles. The highest BCUT2D eigenvalue weighted by atomic mass is 16.5. The molecule has 1 fully saturated rings. The van der Waals surface area contributed by atoms with Crippen LogP contribution in [0.4, 0.5) is 5.69 Å². The number of rotatable bonds is 7. The molecule has 2 rings (SSSR count). The molecule has 1 heterocycles. The standard InChI is InChI=1S/C18H24N4O5/c1-12(10-16(23)19-11-13-6-5-9-27-13)21-22-18(25)17(24)20-14-7-3-4-8-15(14)26-2/h3-4,7-8,13H,5-6,9-11H2,1-2H3,(H,19,23)(H,20,24)(H,22,25)/b21-12-/t13-/m1/s1. The van der Waals surface area contributed by atoms with E-state index in [1.807, 2.05) is 0 Å². The Morgan fingerprint density at radius 3 is 2.74 bits per heavy atom. The maximum absolute atomic E-state index is 11.9. The van der Waals surface area contributed by atoms with Gasteiger partial charge in [-0.2, -0.15) is 5.10 Å². The van der Waals surface area contributed by atoms with E-state index in [2.05, 4.69) is 21.2 Å². The topological polar surface area (TPSA) is 118 Å². The van der Waals surface area contributed by atoms with Gasteiger partial charge in [-0.15, -0.1) is 0 Å². The second kappa shape index (κ2) is 10.3. The van der Waals surface area contributed by atoms with Crippen LogP contribution in [0.25, 0.3) is 0 Å². The fourth-order valence-electron chi connectivity index (χ4n) is 2.49. The van der Waals surface area contributed by atoms with E-state index < -0.39 is 11.8 Å². The number of hydrazone groups is 1. The van der Waals surface area contributed by atoms with Crippen LogP contribution in [-0.4, -0.2) is 49.8 Å². The molecule has 1 atom stereocenters. The highest BCUT2D eigenvalue weighted by Crippen LogP contribution is 2.22. The Morgan fingerprint density at radius 1 is 1.26 bits per heavy atom. The molecule has 1 aliphatic rings. The number of benzene rings is 1. The second-order valence-electron chi connectivity index (χ2n) is 6.06. The van der Waals surface area contributed by atoms with Crippen molar-refractivity contribution in [1.82, 2.24) is 10.7 Å². The Hall–Kier alpha value is -2.94. The quantitative estimate of drug-likeness (QED) is 0.370. The molecular formula is C18H24N4O5. The van der Waals surface area contributed by atoms with Gasteiger partial charge in [0.05, 0.1) is 25.3 Å². The van der Waals surface area contributed by atoms with Crippen molar-refractivity contribution < 1.29 is 23.9 Å². The van der Waals surface area contributed by atoms with Gasteiger partial charge in [-0.1, -0.05) is 12.1 Å². The summed E-state index contributed by atoms with van der Waals surface area (Å²) in [5.74, 6) is -1.63. The predicted molar refractivity (Wildman–Crippen MR) is 99.5 cm³/mol. The summed E-state index contributed by atoms with van der Waals surface area (Å²) in [7, 11) is 1.46. The molecule has 0 bridgehead atoms. The van der Waals surface area contributed by atoms with Crippen LogP contribution < -0.4 is 20.8 Å². The SMILES string of the molecule is COc1ccccc1NC(=O)C(=O)N/N=C(/C)CC(=O)NC[C@H]1CCCO1. The minimum atomic E-state index is -0.944. The van der Waals surface area contributed by atoms with E-state index >= 15 is 0 Å². The van der Waals surface area contributed by atoms with Gasteiger partial charge in [0.25, 0.3) is 0 Å². The van der Waals surface area contributed by atoms with Crippen LogP contribution in [0.1, 0.15) is 26.2 Å². The first-order valence-electron chi connectivity index (χ1n) is 8.65. The van der Waals surface area contributed by atoms with Gasteiger partial charge in [-0.3, -0.25) is 14.4 Å². The van der Waals surface area contributed by atoms with Crippen molar-refractivity contribution in [1.29, 1.82) is 0 Å². The van der Waals surface area contributed by atoms with Gasteiger partial charge in [0.1, 0.15) is 5.75 Å². The van der Waals surface area contributed by atoms with Gasteiger partial charge in [-0.05, 0) is 31.9 Å². The number of carbonyl (C=O) groups is 3. The van der Waals surface area contributed by atoms with Crippen molar-refractivity contribution in [3.8, 4) is 5.75 Å². The third-order valence-electron chi connectivity index (χ3n) is 3.88. The molecule has 9 nitrogen and oxygen atoms in total. The third-order valence-corrected chi connectivity index (χ3v) is 3.88. The van der Waals surface area contributed by atoms with Crippen LogP contribution in [0, 0.1) is 0 Å². The van der Waals surface area contributed by atoms with E-state index in [0.29, 0.717) is 23.7 Å². The molecule has 146 valence electrons. The molecular weight excluding hydrogens is 352 g/mol. The molecule has 0 radical (unpaired) electrons. The van der Waals surface area contributed by atoms with Gasteiger partial charge < -0.3 is 20.1 Å². The summed E-state index contributed by atoms with van der Waals surface area (Å²) in [4.78, 5) is 35.6. The molecule has 9 heteroatoms. The normalized spacial score (nSPS) is 16.5. The van der Waals surface area contributed by atoms with E-state index in [1.54, 1.807) is 31.2 Å². The zero-order valence-electron chi connectivity index (χ0n) is 15.4. The Balaban J connectivity index is 1.76. The summed E-state index contributed by atoms with van der Waals surface area (Å²) >= 11 is 0. The van der Waals surface area contributed by atoms with E-state index in [0.717, 1.165) is 19.4 Å². The van der Waals surface area contributed by atoms with Gasteiger partial charge >= 0.3 is 11.8 Å². The van der Waals surface area contributed by atoms with E-state index in [4.69, 9.17) is 9.47 Å². The number of carbonyl (C=O) groups excluding carboxylic acids is 3. The third kappa shape index (κ3) is 6.70. The first-order valence-corrected chi connectivity index (χ1v) is 8.65. The first-order chi connectivity index (χ1) is 13.0. The number of nitrogens with one attached hydrogen (secondary N) is 3. The number of hydrogen-bond acceptors (Lipinski definition) is 6. The van der Waals surface area contributed by atoms with E-state index in [9.17, 15) is 14.4 Å². The average Bonchev–Trinajstić information content (AvgIpc) is 3.18. The van der Waals surface area contributed by atoms with E-state index in [1.165, 1.54) is 7.11 Å². The zero-order chi connectivity index (χ0) is 19.6. The molecule has 1 aromatic carbocycles.